The second-order valence-corrected chi connectivity index (χ2v) is 8.13. The molecule has 0 bridgehead atoms. The highest BCUT2D eigenvalue weighted by Gasteiger charge is 2.59. The van der Waals surface area contributed by atoms with Crippen molar-refractivity contribution in [1.29, 1.82) is 0 Å². The molecule has 5 nitrogen and oxygen atoms in total. The summed E-state index contributed by atoms with van der Waals surface area (Å²) in [6, 6.07) is 0.539. The van der Waals surface area contributed by atoms with Gasteiger partial charge in [-0.25, -0.2) is 0 Å². The van der Waals surface area contributed by atoms with Gasteiger partial charge in [-0.15, -0.1) is 24.0 Å². The van der Waals surface area contributed by atoms with E-state index in [4.69, 9.17) is 4.74 Å². The Bertz CT molecular complexity index is 447. The quantitative estimate of drug-likeness (QED) is 0.335. The molecule has 2 saturated carbocycles. The van der Waals surface area contributed by atoms with Gasteiger partial charge in [-0.05, 0) is 71.0 Å². The van der Waals surface area contributed by atoms with E-state index < -0.39 is 0 Å². The number of hydrogen-bond donors (Lipinski definition) is 2. The van der Waals surface area contributed by atoms with Gasteiger partial charge in [-0.2, -0.15) is 0 Å². The van der Waals surface area contributed by atoms with Crippen molar-refractivity contribution < 1.29 is 4.74 Å². The fourth-order valence-corrected chi connectivity index (χ4v) is 4.99. The molecule has 1 saturated heterocycles. The standard InChI is InChI=1S/C20H38N4O.HI/c1-4-24-13-8-16(9-14-24)7-12-22-19(21-3)23-17-15-18(25-5-2)20(17)10-6-11-20;/h16-18H,4-15H2,1-3H3,(H2,21,22,23);1H. The van der Waals surface area contributed by atoms with Crippen LogP contribution in [0.4, 0.5) is 0 Å². The summed E-state index contributed by atoms with van der Waals surface area (Å²) in [7, 11) is 1.89. The van der Waals surface area contributed by atoms with Gasteiger partial charge in [-0.3, -0.25) is 4.99 Å². The highest BCUT2D eigenvalue weighted by Crippen LogP contribution is 2.57. The minimum absolute atomic E-state index is 0. The van der Waals surface area contributed by atoms with Crippen LogP contribution in [0.1, 0.15) is 58.8 Å². The van der Waals surface area contributed by atoms with Gasteiger partial charge in [0.05, 0.1) is 6.10 Å². The lowest BCUT2D eigenvalue weighted by atomic mass is 9.51. The minimum Gasteiger partial charge on any atom is -0.378 e. The maximum absolute atomic E-state index is 5.96. The molecule has 1 spiro atoms. The van der Waals surface area contributed by atoms with E-state index in [-0.39, 0.29) is 24.0 Å². The first kappa shape index (κ1) is 22.2. The Kier molecular flexibility index (Phi) is 8.94. The van der Waals surface area contributed by atoms with E-state index in [2.05, 4.69) is 34.4 Å². The Hall–Kier alpha value is -0.0800. The maximum atomic E-state index is 5.96. The molecule has 2 atom stereocenters. The topological polar surface area (TPSA) is 48.9 Å². The molecule has 1 heterocycles. The number of likely N-dealkylation sites (tertiary alicyclic amines) is 1. The SMILES string of the molecule is CCOC1CC(NC(=NC)NCCC2CCN(CC)CC2)C12CCC2.I. The van der Waals surface area contributed by atoms with Crippen LogP contribution in [0.15, 0.2) is 4.99 Å². The van der Waals surface area contributed by atoms with Crippen LogP contribution < -0.4 is 10.6 Å². The van der Waals surface area contributed by atoms with Crippen LogP contribution in [0, 0.1) is 11.3 Å². The molecule has 152 valence electrons. The lowest BCUT2D eigenvalue weighted by Crippen LogP contribution is -2.68. The average molecular weight is 478 g/mol. The summed E-state index contributed by atoms with van der Waals surface area (Å²) in [4.78, 5) is 7.02. The van der Waals surface area contributed by atoms with Crippen molar-refractivity contribution >= 4 is 29.9 Å². The van der Waals surface area contributed by atoms with Crippen LogP contribution in [-0.4, -0.2) is 62.8 Å². The second kappa shape index (κ2) is 10.5. The highest BCUT2D eigenvalue weighted by atomic mass is 127. The lowest BCUT2D eigenvalue weighted by Gasteiger charge is -2.61. The Morgan fingerprint density at radius 2 is 1.96 bits per heavy atom. The van der Waals surface area contributed by atoms with Crippen LogP contribution in [0.2, 0.25) is 0 Å². The van der Waals surface area contributed by atoms with E-state index in [9.17, 15) is 0 Å². The normalized spacial score (nSPS) is 28.8. The molecule has 3 rings (SSSR count). The summed E-state index contributed by atoms with van der Waals surface area (Å²) >= 11 is 0. The number of nitrogens with zero attached hydrogens (tertiary/aromatic N) is 2. The fraction of sp³-hybridized carbons (Fsp3) is 0.950. The number of piperidine rings is 1. The highest BCUT2D eigenvalue weighted by molar-refractivity contribution is 14.0. The van der Waals surface area contributed by atoms with Crippen molar-refractivity contribution in [2.24, 2.45) is 16.3 Å². The second-order valence-electron chi connectivity index (χ2n) is 8.13. The molecule has 0 aromatic rings. The first-order chi connectivity index (χ1) is 12.2. The van der Waals surface area contributed by atoms with E-state index in [1.54, 1.807) is 0 Å². The lowest BCUT2D eigenvalue weighted by molar-refractivity contribution is -0.168. The molecule has 0 aromatic heterocycles. The van der Waals surface area contributed by atoms with Crippen LogP contribution in [0.3, 0.4) is 0 Å². The molecule has 1 aliphatic heterocycles. The number of ether oxygens (including phenoxy) is 1. The molecule has 2 aliphatic carbocycles. The number of halogens is 1. The molecular formula is C20H39IN4O. The molecule has 2 unspecified atom stereocenters. The molecule has 0 radical (unpaired) electrons. The zero-order valence-corrected chi connectivity index (χ0v) is 19.3. The number of nitrogens with one attached hydrogen (secondary N) is 2. The van der Waals surface area contributed by atoms with Crippen molar-refractivity contribution in [3.63, 3.8) is 0 Å². The van der Waals surface area contributed by atoms with Crippen LogP contribution in [0.25, 0.3) is 0 Å². The molecular weight excluding hydrogens is 439 g/mol. The zero-order chi connectivity index (χ0) is 17.7. The van der Waals surface area contributed by atoms with E-state index in [1.807, 2.05) is 7.05 Å². The van der Waals surface area contributed by atoms with Crippen molar-refractivity contribution in [3.8, 4) is 0 Å². The van der Waals surface area contributed by atoms with Gasteiger partial charge in [0.15, 0.2) is 5.96 Å². The molecule has 26 heavy (non-hydrogen) atoms. The third-order valence-corrected chi connectivity index (χ3v) is 6.97. The van der Waals surface area contributed by atoms with Crippen molar-refractivity contribution in [2.45, 2.75) is 70.9 Å². The van der Waals surface area contributed by atoms with Crippen molar-refractivity contribution in [3.05, 3.63) is 0 Å². The first-order valence-electron chi connectivity index (χ1n) is 10.5. The molecule has 2 N–H and O–H groups in total. The van der Waals surface area contributed by atoms with Crippen LogP contribution in [-0.2, 0) is 4.74 Å². The fourth-order valence-electron chi connectivity index (χ4n) is 4.99. The summed E-state index contributed by atoms with van der Waals surface area (Å²) < 4.78 is 5.96. The van der Waals surface area contributed by atoms with Crippen molar-refractivity contribution in [1.82, 2.24) is 15.5 Å². The van der Waals surface area contributed by atoms with E-state index in [0.29, 0.717) is 17.6 Å². The minimum atomic E-state index is 0. The van der Waals surface area contributed by atoms with Gasteiger partial charge in [0, 0.05) is 31.7 Å². The molecule has 3 aliphatic rings. The predicted octanol–water partition coefficient (Wildman–Crippen LogP) is 3.24. The third kappa shape index (κ3) is 4.85. The monoisotopic (exact) mass is 478 g/mol. The Morgan fingerprint density at radius 3 is 2.50 bits per heavy atom. The van der Waals surface area contributed by atoms with Gasteiger partial charge in [-0.1, -0.05) is 13.3 Å². The van der Waals surface area contributed by atoms with Crippen LogP contribution >= 0.6 is 24.0 Å². The Balaban J connectivity index is 0.00000243. The smallest absolute Gasteiger partial charge is 0.191 e. The summed E-state index contributed by atoms with van der Waals surface area (Å²) in [5, 5.41) is 7.25. The van der Waals surface area contributed by atoms with Gasteiger partial charge < -0.3 is 20.3 Å². The summed E-state index contributed by atoms with van der Waals surface area (Å²) in [5.74, 6) is 1.86. The van der Waals surface area contributed by atoms with E-state index in [1.165, 1.54) is 58.2 Å². The average Bonchev–Trinajstić information content (AvgIpc) is 2.58. The van der Waals surface area contributed by atoms with Gasteiger partial charge >= 0.3 is 0 Å². The van der Waals surface area contributed by atoms with Gasteiger partial charge in [0.25, 0.3) is 0 Å². The number of rotatable bonds is 7. The largest absolute Gasteiger partial charge is 0.378 e. The summed E-state index contributed by atoms with van der Waals surface area (Å²) in [5.41, 5.74) is 0.389. The first-order valence-corrected chi connectivity index (χ1v) is 10.5. The maximum Gasteiger partial charge on any atom is 0.191 e. The zero-order valence-electron chi connectivity index (χ0n) is 16.9. The summed E-state index contributed by atoms with van der Waals surface area (Å²) in [6.45, 7) is 10.00. The Labute approximate surface area is 177 Å². The van der Waals surface area contributed by atoms with E-state index in [0.717, 1.165) is 31.4 Å². The molecule has 6 heteroatoms. The van der Waals surface area contributed by atoms with E-state index >= 15 is 0 Å². The molecule has 0 aromatic carbocycles. The van der Waals surface area contributed by atoms with Crippen LogP contribution in [0.5, 0.6) is 0 Å². The number of aliphatic imine (C=N–C) groups is 1. The van der Waals surface area contributed by atoms with Gasteiger partial charge in [0.2, 0.25) is 0 Å². The number of hydrogen-bond acceptors (Lipinski definition) is 3. The Morgan fingerprint density at radius 1 is 1.23 bits per heavy atom. The third-order valence-electron chi connectivity index (χ3n) is 6.97. The number of guanidine groups is 1. The van der Waals surface area contributed by atoms with Crippen molar-refractivity contribution in [2.75, 3.05) is 39.8 Å². The molecule has 3 fully saturated rings. The van der Waals surface area contributed by atoms with Gasteiger partial charge in [0.1, 0.15) is 0 Å². The molecule has 0 amide bonds. The summed E-state index contributed by atoms with van der Waals surface area (Å²) in [6.07, 6.45) is 9.52. The predicted molar refractivity (Wildman–Crippen MR) is 119 cm³/mol.